The topological polar surface area (TPSA) is 211 Å². The summed E-state index contributed by atoms with van der Waals surface area (Å²) in [4.78, 5) is 18.6. The van der Waals surface area contributed by atoms with Crippen molar-refractivity contribution < 1.29 is 39.8 Å². The van der Waals surface area contributed by atoms with Crippen molar-refractivity contribution in [2.75, 3.05) is 25.4 Å². The highest BCUT2D eigenvalue weighted by atomic mass is 33.1. The molecule has 71 heavy (non-hydrogen) atoms. The number of hydrogen-bond acceptors (Lipinski definition) is 15. The first kappa shape index (κ1) is 49.8. The molecule has 11 rings (SSSR count). The largest absolute Gasteiger partial charge is 0.504 e. The first-order chi connectivity index (χ1) is 34.2. The van der Waals surface area contributed by atoms with E-state index in [9.17, 15) is 30.3 Å². The maximum absolute atomic E-state index is 13.2. The molecular formula is C56H75N5O8S2. The third-order valence-electron chi connectivity index (χ3n) is 19.4. The fraction of sp³-hybridized carbons (Fsp3) is 0.714. The Bertz CT molecular complexity index is 2420. The van der Waals surface area contributed by atoms with Crippen LogP contribution in [0.3, 0.4) is 0 Å². The molecule has 10 aliphatic rings. The minimum atomic E-state index is -1.93. The summed E-state index contributed by atoms with van der Waals surface area (Å²) in [6, 6.07) is 2.41. The van der Waals surface area contributed by atoms with Crippen molar-refractivity contribution in [3.05, 3.63) is 47.6 Å². The molecule has 1 aromatic carbocycles. The van der Waals surface area contributed by atoms with E-state index in [4.69, 9.17) is 20.2 Å². The number of guanidine groups is 1. The van der Waals surface area contributed by atoms with Crippen LogP contribution in [0.2, 0.25) is 0 Å². The summed E-state index contributed by atoms with van der Waals surface area (Å²) in [5.74, 6) is 15.6. The van der Waals surface area contributed by atoms with Gasteiger partial charge in [-0.2, -0.15) is 0 Å². The number of aliphatic imine (C=N–C) groups is 1. The number of phenols is 1. The molecule has 0 radical (unpaired) electrons. The summed E-state index contributed by atoms with van der Waals surface area (Å²) in [5, 5.41) is 69.7. The number of rotatable bonds is 2. The molecule has 4 aliphatic heterocycles. The Kier molecular flexibility index (Phi) is 13.8. The van der Waals surface area contributed by atoms with E-state index >= 15 is 0 Å². The maximum Gasteiger partial charge on any atom is 0.302 e. The number of esters is 1. The molecular weight excluding hydrogens is 935 g/mol. The second kappa shape index (κ2) is 19.7. The van der Waals surface area contributed by atoms with Crippen LogP contribution < -0.4 is 26.4 Å². The van der Waals surface area contributed by atoms with E-state index in [0.29, 0.717) is 81.5 Å². The highest BCUT2D eigenvalue weighted by molar-refractivity contribution is 8.77. The summed E-state index contributed by atoms with van der Waals surface area (Å²) < 4.78 is 13.0. The molecule has 6 aliphatic carbocycles. The zero-order chi connectivity index (χ0) is 49.2. The van der Waals surface area contributed by atoms with E-state index in [1.807, 2.05) is 27.7 Å². The van der Waals surface area contributed by atoms with Crippen molar-refractivity contribution >= 4 is 33.5 Å². The molecule has 15 heteroatoms. The van der Waals surface area contributed by atoms with Gasteiger partial charge < -0.3 is 56.7 Å². The first-order valence-corrected chi connectivity index (χ1v) is 29.3. The van der Waals surface area contributed by atoms with Gasteiger partial charge in [-0.05, 0) is 125 Å². The zero-order valence-corrected chi connectivity index (χ0v) is 42.9. The van der Waals surface area contributed by atoms with Crippen LogP contribution in [0.15, 0.2) is 41.4 Å². The van der Waals surface area contributed by atoms with E-state index < -0.39 is 59.4 Å². The van der Waals surface area contributed by atoms with Gasteiger partial charge in [-0.25, -0.2) is 4.99 Å². The average molecular weight is 1010 g/mol. The first-order valence-electron chi connectivity index (χ1n) is 26.9. The van der Waals surface area contributed by atoms with E-state index in [2.05, 4.69) is 57.9 Å². The number of nitrogens with two attached hydrogens (primary N) is 1. The second-order valence-corrected chi connectivity index (χ2v) is 26.1. The molecule has 0 amide bonds. The number of benzene rings is 1. The van der Waals surface area contributed by atoms with Crippen molar-refractivity contribution in [3.63, 3.8) is 0 Å². The Hall–Kier alpha value is -3.38. The van der Waals surface area contributed by atoms with Crippen molar-refractivity contribution in [2.45, 2.75) is 176 Å². The number of phenolic OH excluding ortho intramolecular Hbond substituents is 1. The van der Waals surface area contributed by atoms with Gasteiger partial charge in [0, 0.05) is 72.9 Å². The molecule has 1 saturated heterocycles. The highest BCUT2D eigenvalue weighted by Crippen LogP contribution is 2.69. The fourth-order valence-corrected chi connectivity index (χ4v) is 18.9. The number of hydrogen-bond donors (Lipinski definition) is 9. The van der Waals surface area contributed by atoms with Crippen molar-refractivity contribution in [1.82, 2.24) is 16.0 Å². The Morgan fingerprint density at radius 3 is 2.66 bits per heavy atom. The summed E-state index contributed by atoms with van der Waals surface area (Å²) in [7, 11) is 3.79. The van der Waals surface area contributed by atoms with Crippen LogP contribution >= 0.6 is 21.6 Å². The predicted molar refractivity (Wildman–Crippen MR) is 277 cm³/mol. The third kappa shape index (κ3) is 9.34. The van der Waals surface area contributed by atoms with Gasteiger partial charge >= 0.3 is 5.97 Å². The SMILES string of the molecule is CC(=O)O[C@H]1C[C@@H](O)CC[C@@]23C#C[C@@H]4C[C@H]5C#C[C@@H](CNC[C@@]6(C5)C[C@@H](CCN6)Oc5cc(c(C(O)O)cc5O)C[C@H]41)SSC[C@]1(C[C@]45CCC[C@@H]4C=C[C@@H](C5)C14CCCC4)NC(N)=N[C@@H]2C=CC[C@H]3O. The van der Waals surface area contributed by atoms with E-state index in [0.717, 1.165) is 25.0 Å². The predicted octanol–water partition coefficient (Wildman–Crippen LogP) is 5.93. The van der Waals surface area contributed by atoms with E-state index in [1.54, 1.807) is 6.07 Å². The molecule has 4 heterocycles. The van der Waals surface area contributed by atoms with Crippen LogP contribution in [-0.4, -0.2) is 110 Å². The van der Waals surface area contributed by atoms with Gasteiger partial charge in [0.2, 0.25) is 0 Å². The zero-order valence-electron chi connectivity index (χ0n) is 41.3. The Morgan fingerprint density at radius 1 is 0.986 bits per heavy atom. The molecule has 1 aromatic rings. The lowest BCUT2D eigenvalue weighted by molar-refractivity contribution is -0.152. The highest BCUT2D eigenvalue weighted by Gasteiger charge is 2.66. The van der Waals surface area contributed by atoms with E-state index in [1.165, 1.54) is 51.5 Å². The van der Waals surface area contributed by atoms with Crippen LogP contribution in [0, 0.1) is 69.5 Å². The number of ether oxygens (including phenoxy) is 2. The molecule has 10 N–H and O–H groups in total. The average Bonchev–Trinajstić information content (AvgIpc) is 4.00. The molecule has 10 bridgehead atoms. The number of aliphatic hydroxyl groups excluding tert-OH is 3. The van der Waals surface area contributed by atoms with Gasteiger partial charge in [0.1, 0.15) is 12.2 Å². The number of aliphatic hydroxyl groups is 4. The van der Waals surface area contributed by atoms with Gasteiger partial charge in [0.15, 0.2) is 23.7 Å². The standard InChI is InChI=1S/C56H75N5O8S2/c1-34(62)68-46-25-40(63)14-20-54-19-13-36-22-35-9-12-42(30-58-32-53(27-35)29-41(15-21-59-53)69-47-24-37(23-43(36)46)44(50(66)67)26-45(47)64)71-70-33-56(61-51(57)60-48(54)7-4-8-49(54)65)31-52-16-5-6-38(52)10-11-39(28-52)55(56)17-2-3-18-55/h4,7,10-11,24,26,35-36,38-43,46,48-50,58-59,63-67H,2-3,5-6,8,14-18,20-23,25,27-33H2,1H3,(H3,57,60,61)/t35-,36-,38-,39+,40+,41-,42+,43-,46+,48-,49-,52-,53-,54+,56+/m1/s1. The number of carbonyl (C=O) groups is 1. The minimum absolute atomic E-state index is 0.00389. The lowest BCUT2D eigenvalue weighted by Gasteiger charge is -2.63. The number of fused-ring (bicyclic) bond motifs is 7. The van der Waals surface area contributed by atoms with Crippen LogP contribution in [0.1, 0.15) is 133 Å². The lowest BCUT2D eigenvalue weighted by atomic mass is 9.45. The quantitative estimate of drug-likeness (QED) is 0.0554. The minimum Gasteiger partial charge on any atom is -0.504 e. The Morgan fingerprint density at radius 2 is 1.83 bits per heavy atom. The number of piperidine rings is 1. The van der Waals surface area contributed by atoms with Crippen LogP contribution in [0.25, 0.3) is 0 Å². The van der Waals surface area contributed by atoms with Gasteiger partial charge in [-0.1, -0.05) is 88.8 Å². The molecule has 5 spiro atoms. The van der Waals surface area contributed by atoms with E-state index in [-0.39, 0.29) is 70.0 Å². The van der Waals surface area contributed by atoms with Crippen LogP contribution in [0.4, 0.5) is 0 Å². The molecule has 0 unspecified atom stereocenters. The molecule has 384 valence electrons. The summed E-state index contributed by atoms with van der Waals surface area (Å²) in [6.45, 7) is 3.40. The molecule has 15 atom stereocenters. The summed E-state index contributed by atoms with van der Waals surface area (Å²) >= 11 is 0. The second-order valence-electron chi connectivity index (χ2n) is 23.5. The Labute approximate surface area is 427 Å². The molecule has 0 aromatic heterocycles. The number of nitrogens with zero attached hydrogens (tertiary/aromatic N) is 1. The lowest BCUT2D eigenvalue weighted by Crippen LogP contribution is -2.70. The Balaban J connectivity index is 1.11. The smallest absolute Gasteiger partial charge is 0.302 e. The molecule has 13 nitrogen and oxygen atoms in total. The monoisotopic (exact) mass is 1010 g/mol. The number of aromatic hydroxyl groups is 1. The number of allylic oxidation sites excluding steroid dienone is 2. The number of nitrogens with one attached hydrogen (secondary N) is 3. The fourth-order valence-electron chi connectivity index (χ4n) is 16.1. The maximum atomic E-state index is 13.2. The van der Waals surface area contributed by atoms with Crippen LogP contribution in [-0.2, 0) is 16.0 Å². The molecule has 4 fully saturated rings. The third-order valence-corrected chi connectivity index (χ3v) is 22.1. The van der Waals surface area contributed by atoms with Crippen molar-refractivity contribution in [3.8, 4) is 35.2 Å². The van der Waals surface area contributed by atoms with Gasteiger partial charge in [-0.15, -0.1) is 0 Å². The number of carbonyl (C=O) groups excluding carboxylic acids is 1. The van der Waals surface area contributed by atoms with Gasteiger partial charge in [0.05, 0.1) is 34.5 Å². The summed E-state index contributed by atoms with van der Waals surface area (Å²) in [6.07, 6.45) is 18.6. The van der Waals surface area contributed by atoms with Crippen LogP contribution in [0.5, 0.6) is 11.5 Å². The normalized spacial score (nSPS) is 42.5. The van der Waals surface area contributed by atoms with Crippen molar-refractivity contribution in [1.29, 1.82) is 0 Å². The van der Waals surface area contributed by atoms with Gasteiger partial charge in [0.25, 0.3) is 0 Å². The molecule has 3 saturated carbocycles. The summed E-state index contributed by atoms with van der Waals surface area (Å²) in [5.41, 5.74) is 6.28. The van der Waals surface area contributed by atoms with Gasteiger partial charge in [-0.3, -0.25) is 4.79 Å². The van der Waals surface area contributed by atoms with Crippen molar-refractivity contribution in [2.24, 2.45) is 56.6 Å².